The number of nitrogens with zero attached hydrogens (tertiary/aromatic N) is 4. The lowest BCUT2D eigenvalue weighted by atomic mass is 10.2. The first kappa shape index (κ1) is 24.1. The number of aromatic nitrogens is 2. The van der Waals surface area contributed by atoms with E-state index in [1.807, 2.05) is 15.9 Å². The van der Waals surface area contributed by atoms with Crippen LogP contribution in [-0.4, -0.2) is 68.0 Å². The molecule has 2 N–H and O–H groups in total. The maximum atomic E-state index is 13.1. The van der Waals surface area contributed by atoms with Crippen molar-refractivity contribution in [1.82, 2.24) is 20.2 Å². The van der Waals surface area contributed by atoms with Crippen LogP contribution in [0.25, 0.3) is 10.9 Å². The van der Waals surface area contributed by atoms with E-state index in [1.165, 1.54) is 18.2 Å². The second-order valence-corrected chi connectivity index (χ2v) is 11.0. The van der Waals surface area contributed by atoms with Gasteiger partial charge in [0.2, 0.25) is 11.9 Å². The van der Waals surface area contributed by atoms with Crippen LogP contribution in [-0.2, 0) is 14.8 Å². The van der Waals surface area contributed by atoms with Crippen molar-refractivity contribution in [2.75, 3.05) is 42.3 Å². The number of hydrogen-bond acceptors (Lipinski definition) is 7. The summed E-state index contributed by atoms with van der Waals surface area (Å²) in [5.41, 5.74) is 0.603. The molecule has 1 amide bonds. The van der Waals surface area contributed by atoms with E-state index in [9.17, 15) is 13.2 Å². The van der Waals surface area contributed by atoms with Crippen molar-refractivity contribution in [3.8, 4) is 0 Å². The zero-order chi connectivity index (χ0) is 24.6. The van der Waals surface area contributed by atoms with E-state index in [1.54, 1.807) is 18.2 Å². The summed E-state index contributed by atoms with van der Waals surface area (Å²) in [6.07, 6.45) is 1.88. The predicted molar refractivity (Wildman–Crippen MR) is 137 cm³/mol. The van der Waals surface area contributed by atoms with Crippen LogP contribution in [0.1, 0.15) is 12.8 Å². The molecule has 2 saturated heterocycles. The molecule has 3 aromatic rings. The molecule has 1 aromatic heterocycles. The molecule has 2 aliphatic heterocycles. The quantitative estimate of drug-likeness (QED) is 0.517. The molecule has 0 saturated carbocycles. The van der Waals surface area contributed by atoms with Gasteiger partial charge in [-0.2, -0.15) is 4.98 Å². The third-order valence-corrected chi connectivity index (χ3v) is 8.30. The molecule has 2 aliphatic rings. The van der Waals surface area contributed by atoms with Crippen LogP contribution in [0, 0.1) is 0 Å². The highest BCUT2D eigenvalue weighted by molar-refractivity contribution is 7.92. The number of hydrogen-bond donors (Lipinski definition) is 2. The average molecular weight is 535 g/mol. The number of fused-ring (bicyclic) bond motifs is 1. The Morgan fingerprint density at radius 2 is 1.83 bits per heavy atom. The molecule has 3 heterocycles. The molecule has 2 aromatic carbocycles. The van der Waals surface area contributed by atoms with Crippen LogP contribution >= 0.6 is 23.2 Å². The number of anilines is 2. The van der Waals surface area contributed by atoms with E-state index in [0.29, 0.717) is 48.1 Å². The Bertz CT molecular complexity index is 1370. The van der Waals surface area contributed by atoms with Gasteiger partial charge in [0.1, 0.15) is 4.90 Å². The van der Waals surface area contributed by atoms with E-state index >= 15 is 0 Å². The van der Waals surface area contributed by atoms with E-state index in [0.717, 1.165) is 19.4 Å². The van der Waals surface area contributed by atoms with Gasteiger partial charge in [-0.3, -0.25) is 9.52 Å². The molecule has 35 heavy (non-hydrogen) atoms. The lowest BCUT2D eigenvalue weighted by molar-refractivity contribution is -0.133. The van der Waals surface area contributed by atoms with Crippen LogP contribution in [0.3, 0.4) is 0 Å². The summed E-state index contributed by atoms with van der Waals surface area (Å²) in [6.45, 7) is 3.07. The molecule has 1 atom stereocenters. The first-order valence-electron chi connectivity index (χ1n) is 11.3. The number of rotatable bonds is 5. The van der Waals surface area contributed by atoms with E-state index in [4.69, 9.17) is 23.2 Å². The first-order chi connectivity index (χ1) is 16.8. The third-order valence-electron chi connectivity index (χ3n) is 6.24. The highest BCUT2D eigenvalue weighted by Gasteiger charge is 2.30. The molecule has 0 bridgehead atoms. The number of carbonyl (C=O) groups is 1. The van der Waals surface area contributed by atoms with Crippen LogP contribution in [0.15, 0.2) is 47.4 Å². The van der Waals surface area contributed by atoms with Gasteiger partial charge in [0, 0.05) is 36.6 Å². The van der Waals surface area contributed by atoms with E-state index in [2.05, 4.69) is 20.0 Å². The van der Waals surface area contributed by atoms with Gasteiger partial charge in [-0.05, 0) is 49.7 Å². The number of para-hydroxylation sites is 1. The second-order valence-electron chi connectivity index (χ2n) is 8.53. The Morgan fingerprint density at radius 1 is 1.06 bits per heavy atom. The van der Waals surface area contributed by atoms with Gasteiger partial charge in [0.25, 0.3) is 10.0 Å². The minimum Gasteiger partial charge on any atom is -0.338 e. The van der Waals surface area contributed by atoms with Crippen molar-refractivity contribution in [3.63, 3.8) is 0 Å². The van der Waals surface area contributed by atoms with E-state index < -0.39 is 10.0 Å². The Hall–Kier alpha value is -2.66. The molecular weight excluding hydrogens is 511 g/mol. The van der Waals surface area contributed by atoms with Crippen LogP contribution in [0.2, 0.25) is 10.0 Å². The molecule has 12 heteroatoms. The van der Waals surface area contributed by atoms with Crippen molar-refractivity contribution in [2.45, 2.75) is 23.8 Å². The summed E-state index contributed by atoms with van der Waals surface area (Å²) in [5, 5.41) is 4.17. The number of sulfonamides is 1. The van der Waals surface area contributed by atoms with Crippen LogP contribution in [0.4, 0.5) is 11.8 Å². The SMILES string of the molecule is O=C(C1CCCN1)N1CCN(c2nc(NS(=O)(=O)c3ccc(Cl)cc3Cl)c3ccccc3n2)CC1. The fourth-order valence-electron chi connectivity index (χ4n) is 4.40. The highest BCUT2D eigenvalue weighted by Crippen LogP contribution is 2.30. The average Bonchev–Trinajstić information content (AvgIpc) is 3.38. The number of piperazine rings is 1. The van der Waals surface area contributed by atoms with E-state index in [-0.39, 0.29) is 27.7 Å². The molecular formula is C23H24Cl2N6O3S. The monoisotopic (exact) mass is 534 g/mol. The predicted octanol–water partition coefficient (Wildman–Crippen LogP) is 3.14. The van der Waals surface area contributed by atoms with Crippen molar-refractivity contribution in [2.24, 2.45) is 0 Å². The maximum absolute atomic E-state index is 13.1. The summed E-state index contributed by atoms with van der Waals surface area (Å²) < 4.78 is 28.9. The molecule has 0 radical (unpaired) electrons. The fourth-order valence-corrected chi connectivity index (χ4v) is 6.20. The largest absolute Gasteiger partial charge is 0.338 e. The molecule has 9 nitrogen and oxygen atoms in total. The fraction of sp³-hybridized carbons (Fsp3) is 0.348. The van der Waals surface area contributed by atoms with Gasteiger partial charge in [0.15, 0.2) is 5.82 Å². The smallest absolute Gasteiger partial charge is 0.264 e. The number of halogens is 2. The van der Waals surface area contributed by atoms with Crippen molar-refractivity contribution < 1.29 is 13.2 Å². The van der Waals surface area contributed by atoms with Crippen molar-refractivity contribution in [1.29, 1.82) is 0 Å². The molecule has 184 valence electrons. The van der Waals surface area contributed by atoms with Gasteiger partial charge < -0.3 is 15.1 Å². The van der Waals surface area contributed by atoms with Gasteiger partial charge in [0.05, 0.1) is 16.6 Å². The zero-order valence-corrected chi connectivity index (χ0v) is 21.1. The summed E-state index contributed by atoms with van der Waals surface area (Å²) >= 11 is 12.1. The van der Waals surface area contributed by atoms with Crippen LogP contribution < -0.4 is 14.9 Å². The van der Waals surface area contributed by atoms with Crippen molar-refractivity contribution in [3.05, 3.63) is 52.5 Å². The zero-order valence-electron chi connectivity index (χ0n) is 18.7. The third kappa shape index (κ3) is 5.02. The normalized spacial score (nSPS) is 18.7. The van der Waals surface area contributed by atoms with Crippen LogP contribution in [0.5, 0.6) is 0 Å². The second kappa shape index (κ2) is 9.77. The summed E-state index contributed by atoms with van der Waals surface area (Å²) in [6, 6.07) is 11.3. The topological polar surface area (TPSA) is 108 Å². The molecule has 1 unspecified atom stereocenters. The summed E-state index contributed by atoms with van der Waals surface area (Å²) in [4.78, 5) is 25.7. The standard InChI is InChI=1S/C23H24Cl2N6O3S/c24-15-7-8-20(17(25)14-15)35(33,34)29-21-16-4-1-2-5-18(16)27-23(28-21)31-12-10-30(11-13-31)22(32)19-6-3-9-26-19/h1-2,4-5,7-8,14,19,26H,3,6,9-13H2,(H,27,28,29). The Balaban J connectivity index is 1.41. The maximum Gasteiger partial charge on any atom is 0.264 e. The minimum absolute atomic E-state index is 0.0149. The summed E-state index contributed by atoms with van der Waals surface area (Å²) in [5.74, 6) is 0.690. The lowest BCUT2D eigenvalue weighted by Gasteiger charge is -2.36. The number of nitrogens with one attached hydrogen (secondary N) is 2. The van der Waals surface area contributed by atoms with Gasteiger partial charge in [-0.25, -0.2) is 13.4 Å². The molecule has 2 fully saturated rings. The van der Waals surface area contributed by atoms with Gasteiger partial charge >= 0.3 is 0 Å². The molecule has 0 spiro atoms. The minimum atomic E-state index is -4.04. The summed E-state index contributed by atoms with van der Waals surface area (Å²) in [7, 11) is -4.04. The number of benzene rings is 2. The highest BCUT2D eigenvalue weighted by atomic mass is 35.5. The Labute approximate surface area is 213 Å². The Morgan fingerprint density at radius 3 is 2.54 bits per heavy atom. The first-order valence-corrected chi connectivity index (χ1v) is 13.6. The van der Waals surface area contributed by atoms with Crippen molar-refractivity contribution >= 4 is 61.8 Å². The number of carbonyl (C=O) groups excluding carboxylic acids is 1. The van der Waals surface area contributed by atoms with Gasteiger partial charge in [-0.15, -0.1) is 0 Å². The Kier molecular flexibility index (Phi) is 6.71. The molecule has 0 aliphatic carbocycles. The molecule has 5 rings (SSSR count). The number of amides is 1. The van der Waals surface area contributed by atoms with Gasteiger partial charge in [-0.1, -0.05) is 35.3 Å². The lowest BCUT2D eigenvalue weighted by Crippen LogP contribution is -2.53.